The number of rotatable bonds is 6. The summed E-state index contributed by atoms with van der Waals surface area (Å²) in [6.45, 7) is 2.66. The van der Waals surface area contributed by atoms with Crippen LogP contribution in [0.15, 0.2) is 12.3 Å². The van der Waals surface area contributed by atoms with Crippen LogP contribution in [0, 0.1) is 0 Å². The number of methoxy groups -OCH3 is 2. The van der Waals surface area contributed by atoms with Crippen molar-refractivity contribution in [3.05, 3.63) is 18.0 Å². The number of aliphatic hydroxyl groups is 1. The minimum absolute atomic E-state index is 0.0766. The summed E-state index contributed by atoms with van der Waals surface area (Å²) in [5.74, 6) is 1.31. The van der Waals surface area contributed by atoms with Crippen LogP contribution in [0.4, 0.5) is 0 Å². The molecule has 0 spiro atoms. The standard InChI is InChI=1S/C12H20N2O3/c1-9(8-15)14(2)7-10-12(17-4)11(16-3)5-6-13-10/h5-6,9,15H,7-8H2,1-4H3. The molecule has 0 aromatic carbocycles. The van der Waals surface area contributed by atoms with Crippen LogP contribution in [0.2, 0.25) is 0 Å². The molecule has 0 saturated heterocycles. The van der Waals surface area contributed by atoms with Crippen LogP contribution in [0.25, 0.3) is 0 Å². The first-order chi connectivity index (χ1) is 8.13. The van der Waals surface area contributed by atoms with Gasteiger partial charge in [-0.15, -0.1) is 0 Å². The lowest BCUT2D eigenvalue weighted by Crippen LogP contribution is -2.31. The van der Waals surface area contributed by atoms with Gasteiger partial charge in [-0.2, -0.15) is 0 Å². The molecule has 96 valence electrons. The van der Waals surface area contributed by atoms with Gasteiger partial charge in [0.1, 0.15) is 5.69 Å². The summed E-state index contributed by atoms with van der Waals surface area (Å²) >= 11 is 0. The summed E-state index contributed by atoms with van der Waals surface area (Å²) in [5, 5.41) is 9.09. The second kappa shape index (κ2) is 6.42. The zero-order chi connectivity index (χ0) is 12.8. The lowest BCUT2D eigenvalue weighted by atomic mass is 10.2. The largest absolute Gasteiger partial charge is 0.493 e. The molecule has 1 N–H and O–H groups in total. The third-order valence-corrected chi connectivity index (χ3v) is 2.78. The van der Waals surface area contributed by atoms with Gasteiger partial charge in [0.05, 0.1) is 20.8 Å². The fourth-order valence-electron chi connectivity index (χ4n) is 1.49. The smallest absolute Gasteiger partial charge is 0.183 e. The van der Waals surface area contributed by atoms with Gasteiger partial charge in [0.15, 0.2) is 11.5 Å². The Kier molecular flexibility index (Phi) is 5.18. The zero-order valence-electron chi connectivity index (χ0n) is 10.8. The van der Waals surface area contributed by atoms with Crippen LogP contribution < -0.4 is 9.47 Å². The highest BCUT2D eigenvalue weighted by Crippen LogP contribution is 2.29. The summed E-state index contributed by atoms with van der Waals surface area (Å²) in [4.78, 5) is 6.29. The van der Waals surface area contributed by atoms with Crippen molar-refractivity contribution < 1.29 is 14.6 Å². The molecule has 1 aromatic rings. The van der Waals surface area contributed by atoms with Gasteiger partial charge < -0.3 is 14.6 Å². The Bertz CT molecular complexity index is 358. The fraction of sp³-hybridized carbons (Fsp3) is 0.583. The first kappa shape index (κ1) is 13.7. The molecular weight excluding hydrogens is 220 g/mol. The van der Waals surface area contributed by atoms with Gasteiger partial charge in [-0.25, -0.2) is 0 Å². The predicted octanol–water partition coefficient (Wildman–Crippen LogP) is 0.911. The molecule has 0 aliphatic rings. The molecule has 1 rings (SSSR count). The number of aromatic nitrogens is 1. The van der Waals surface area contributed by atoms with Crippen molar-refractivity contribution >= 4 is 0 Å². The van der Waals surface area contributed by atoms with Gasteiger partial charge >= 0.3 is 0 Å². The minimum atomic E-state index is 0.0766. The van der Waals surface area contributed by atoms with Crippen LogP contribution in [-0.2, 0) is 6.54 Å². The fourth-order valence-corrected chi connectivity index (χ4v) is 1.49. The van der Waals surface area contributed by atoms with Crippen molar-refractivity contribution in [1.29, 1.82) is 0 Å². The Morgan fingerprint density at radius 3 is 2.65 bits per heavy atom. The summed E-state index contributed by atoms with van der Waals surface area (Å²) in [6.07, 6.45) is 1.69. The number of hydrogen-bond donors (Lipinski definition) is 1. The van der Waals surface area contributed by atoms with E-state index < -0.39 is 0 Å². The topological polar surface area (TPSA) is 54.8 Å². The highest BCUT2D eigenvalue weighted by molar-refractivity contribution is 5.42. The minimum Gasteiger partial charge on any atom is -0.493 e. The number of nitrogens with zero attached hydrogens (tertiary/aromatic N) is 2. The van der Waals surface area contributed by atoms with E-state index in [4.69, 9.17) is 14.6 Å². The van der Waals surface area contributed by atoms with Crippen molar-refractivity contribution in [2.45, 2.75) is 19.5 Å². The SMILES string of the molecule is COc1ccnc(CN(C)C(C)CO)c1OC. The van der Waals surface area contributed by atoms with Gasteiger partial charge in [-0.1, -0.05) is 0 Å². The summed E-state index contributed by atoms with van der Waals surface area (Å²) in [5.41, 5.74) is 0.801. The third-order valence-electron chi connectivity index (χ3n) is 2.78. The number of aliphatic hydroxyl groups excluding tert-OH is 1. The van der Waals surface area contributed by atoms with Crippen LogP contribution in [0.3, 0.4) is 0 Å². The Morgan fingerprint density at radius 1 is 1.41 bits per heavy atom. The van der Waals surface area contributed by atoms with Crippen LogP contribution in [0.5, 0.6) is 11.5 Å². The van der Waals surface area contributed by atoms with Crippen molar-refractivity contribution in [3.8, 4) is 11.5 Å². The molecular formula is C12H20N2O3. The van der Waals surface area contributed by atoms with Gasteiger partial charge in [0.2, 0.25) is 0 Å². The summed E-state index contributed by atoms with van der Waals surface area (Å²) in [6, 6.07) is 1.84. The first-order valence-electron chi connectivity index (χ1n) is 5.51. The molecule has 1 atom stereocenters. The van der Waals surface area contributed by atoms with Gasteiger partial charge in [-0.3, -0.25) is 9.88 Å². The Morgan fingerprint density at radius 2 is 2.12 bits per heavy atom. The Labute approximate surface area is 102 Å². The molecule has 0 amide bonds. The van der Waals surface area contributed by atoms with E-state index in [1.165, 1.54) is 0 Å². The van der Waals surface area contributed by atoms with E-state index in [1.807, 2.05) is 18.9 Å². The van der Waals surface area contributed by atoms with Crippen LogP contribution in [-0.4, -0.2) is 48.9 Å². The summed E-state index contributed by atoms with van der Waals surface area (Å²) in [7, 11) is 5.13. The molecule has 0 bridgehead atoms. The van der Waals surface area contributed by atoms with E-state index in [2.05, 4.69) is 4.98 Å². The zero-order valence-corrected chi connectivity index (χ0v) is 10.8. The van der Waals surface area contributed by atoms with E-state index in [9.17, 15) is 0 Å². The van der Waals surface area contributed by atoms with E-state index in [0.29, 0.717) is 18.0 Å². The molecule has 1 unspecified atom stereocenters. The van der Waals surface area contributed by atoms with Gasteiger partial charge in [-0.05, 0) is 14.0 Å². The molecule has 1 heterocycles. The monoisotopic (exact) mass is 240 g/mol. The summed E-state index contributed by atoms with van der Waals surface area (Å²) < 4.78 is 10.5. The average molecular weight is 240 g/mol. The molecule has 0 fully saturated rings. The van der Waals surface area contributed by atoms with Crippen molar-refractivity contribution in [2.75, 3.05) is 27.9 Å². The van der Waals surface area contributed by atoms with Gasteiger partial charge in [0, 0.05) is 24.8 Å². The first-order valence-corrected chi connectivity index (χ1v) is 5.51. The van der Waals surface area contributed by atoms with E-state index in [-0.39, 0.29) is 12.6 Å². The second-order valence-corrected chi connectivity index (χ2v) is 3.94. The highest BCUT2D eigenvalue weighted by Gasteiger charge is 2.15. The lowest BCUT2D eigenvalue weighted by Gasteiger charge is -2.23. The van der Waals surface area contributed by atoms with Gasteiger partial charge in [0.25, 0.3) is 0 Å². The molecule has 5 heteroatoms. The number of ether oxygens (including phenoxy) is 2. The maximum Gasteiger partial charge on any atom is 0.183 e. The van der Waals surface area contributed by atoms with Crippen molar-refractivity contribution in [2.24, 2.45) is 0 Å². The maximum atomic E-state index is 9.09. The maximum absolute atomic E-state index is 9.09. The molecule has 0 saturated carbocycles. The average Bonchev–Trinajstić information content (AvgIpc) is 2.37. The normalized spacial score (nSPS) is 12.6. The lowest BCUT2D eigenvalue weighted by molar-refractivity contribution is 0.151. The molecule has 0 aliphatic carbocycles. The van der Waals surface area contributed by atoms with Crippen LogP contribution >= 0.6 is 0 Å². The molecule has 17 heavy (non-hydrogen) atoms. The Hall–Kier alpha value is -1.33. The number of hydrogen-bond acceptors (Lipinski definition) is 5. The van der Waals surface area contributed by atoms with E-state index in [1.54, 1.807) is 26.5 Å². The highest BCUT2D eigenvalue weighted by atomic mass is 16.5. The van der Waals surface area contributed by atoms with Crippen molar-refractivity contribution in [3.63, 3.8) is 0 Å². The third kappa shape index (κ3) is 3.31. The quantitative estimate of drug-likeness (QED) is 0.801. The molecule has 5 nitrogen and oxygen atoms in total. The molecule has 0 aliphatic heterocycles. The van der Waals surface area contributed by atoms with Crippen LogP contribution in [0.1, 0.15) is 12.6 Å². The number of pyridine rings is 1. The van der Waals surface area contributed by atoms with E-state index >= 15 is 0 Å². The second-order valence-electron chi connectivity index (χ2n) is 3.94. The van der Waals surface area contributed by atoms with Crippen molar-refractivity contribution in [1.82, 2.24) is 9.88 Å². The predicted molar refractivity (Wildman–Crippen MR) is 65.4 cm³/mol. The molecule has 0 radical (unpaired) electrons. The van der Waals surface area contributed by atoms with E-state index in [0.717, 1.165) is 5.69 Å². The Balaban J connectivity index is 2.90. The molecule has 1 aromatic heterocycles. The number of likely N-dealkylation sites (N-methyl/N-ethyl adjacent to an activating group) is 1.